The van der Waals surface area contributed by atoms with Gasteiger partial charge in [-0.05, 0) is 41.5 Å². The van der Waals surface area contributed by atoms with E-state index >= 15 is 0 Å². The number of anilines is 1. The Morgan fingerprint density at radius 2 is 1.74 bits per heavy atom. The second kappa shape index (κ2) is 8.39. The molecule has 4 rings (SSSR count). The van der Waals surface area contributed by atoms with Gasteiger partial charge < -0.3 is 16.2 Å². The first-order valence-corrected chi connectivity index (χ1v) is 9.51. The van der Waals surface area contributed by atoms with Crippen LogP contribution in [0.4, 0.5) is 5.69 Å². The topological polar surface area (TPSA) is 127 Å². The van der Waals surface area contributed by atoms with Crippen LogP contribution in [0.15, 0.2) is 85.2 Å². The fourth-order valence-corrected chi connectivity index (χ4v) is 3.29. The van der Waals surface area contributed by atoms with E-state index in [1.54, 1.807) is 67.0 Å². The molecule has 2 heterocycles. The highest BCUT2D eigenvalue weighted by molar-refractivity contribution is 5.97. The van der Waals surface area contributed by atoms with Crippen LogP contribution in [0.25, 0.3) is 5.70 Å². The first-order chi connectivity index (χ1) is 15.0. The molecule has 1 aromatic heterocycles. The van der Waals surface area contributed by atoms with Crippen LogP contribution in [0.3, 0.4) is 0 Å². The molecule has 2 amide bonds. The summed E-state index contributed by atoms with van der Waals surface area (Å²) in [4.78, 5) is 34.0. The van der Waals surface area contributed by atoms with Gasteiger partial charge in [0, 0.05) is 23.6 Å². The Kier molecular flexibility index (Phi) is 5.48. The maximum Gasteiger partial charge on any atom is 0.260 e. The molecule has 1 aliphatic rings. The molecule has 0 bridgehead atoms. The average Bonchev–Trinajstić information content (AvgIpc) is 3.31. The summed E-state index contributed by atoms with van der Waals surface area (Å²) < 4.78 is 0. The molecule has 0 saturated carbocycles. The highest BCUT2D eigenvalue weighted by Gasteiger charge is 2.38. The van der Waals surface area contributed by atoms with Crippen LogP contribution in [0, 0.1) is 0 Å². The Morgan fingerprint density at radius 1 is 1.03 bits per heavy atom. The van der Waals surface area contributed by atoms with E-state index in [9.17, 15) is 14.7 Å². The van der Waals surface area contributed by atoms with Crippen molar-refractivity contribution in [1.29, 1.82) is 0 Å². The van der Waals surface area contributed by atoms with Gasteiger partial charge in [0.1, 0.15) is 0 Å². The SMILES string of the molecule is NC(=O)C(O)(c1ccccc1)c1ccc(NC(=O)C2C=C(c3cccnc3)NO2)cc1. The van der Waals surface area contributed by atoms with Crippen molar-refractivity contribution in [2.24, 2.45) is 5.73 Å². The molecule has 0 fully saturated rings. The monoisotopic (exact) mass is 416 g/mol. The van der Waals surface area contributed by atoms with Crippen molar-refractivity contribution in [3.63, 3.8) is 0 Å². The average molecular weight is 416 g/mol. The lowest BCUT2D eigenvalue weighted by Gasteiger charge is -2.26. The lowest BCUT2D eigenvalue weighted by atomic mass is 9.85. The van der Waals surface area contributed by atoms with Crippen molar-refractivity contribution in [3.05, 3.63) is 102 Å². The minimum absolute atomic E-state index is 0.293. The lowest BCUT2D eigenvalue weighted by molar-refractivity contribution is -0.133. The smallest absolute Gasteiger partial charge is 0.260 e. The minimum atomic E-state index is -1.98. The Hall–Kier alpha value is -4.01. The molecule has 0 spiro atoms. The van der Waals surface area contributed by atoms with Gasteiger partial charge in [0.15, 0.2) is 11.7 Å². The van der Waals surface area contributed by atoms with E-state index in [2.05, 4.69) is 15.8 Å². The summed E-state index contributed by atoms with van der Waals surface area (Å²) in [6, 6.07) is 18.3. The number of primary amides is 1. The van der Waals surface area contributed by atoms with Gasteiger partial charge in [-0.15, -0.1) is 0 Å². The highest BCUT2D eigenvalue weighted by Crippen LogP contribution is 2.30. The van der Waals surface area contributed by atoms with Crippen molar-refractivity contribution in [1.82, 2.24) is 10.5 Å². The molecule has 2 unspecified atom stereocenters. The number of nitrogens with two attached hydrogens (primary N) is 1. The molecule has 2 atom stereocenters. The van der Waals surface area contributed by atoms with Gasteiger partial charge in [-0.1, -0.05) is 42.5 Å². The van der Waals surface area contributed by atoms with Crippen molar-refractivity contribution < 1.29 is 19.5 Å². The standard InChI is InChI=1S/C23H20N4O4/c24-22(29)23(30,16-6-2-1-3-7-16)17-8-10-18(11-9-17)26-21(28)20-13-19(27-31-20)15-5-4-12-25-14-15/h1-14,20,27,30H,(H2,24,29)(H,26,28). The van der Waals surface area contributed by atoms with Crippen LogP contribution < -0.4 is 16.5 Å². The third-order valence-corrected chi connectivity index (χ3v) is 4.96. The molecule has 0 saturated heterocycles. The number of pyridine rings is 1. The van der Waals surface area contributed by atoms with Crippen LogP contribution in [0.1, 0.15) is 16.7 Å². The predicted molar refractivity (Wildman–Crippen MR) is 114 cm³/mol. The normalized spacial score (nSPS) is 17.2. The van der Waals surface area contributed by atoms with Crippen LogP contribution in [0.5, 0.6) is 0 Å². The molecule has 3 aromatic rings. The molecule has 5 N–H and O–H groups in total. The Labute approximate surface area is 178 Å². The molecule has 1 aliphatic heterocycles. The molecule has 8 nitrogen and oxygen atoms in total. The third kappa shape index (κ3) is 4.02. The van der Waals surface area contributed by atoms with Crippen LogP contribution in [-0.2, 0) is 20.0 Å². The summed E-state index contributed by atoms with van der Waals surface area (Å²) >= 11 is 0. The second-order valence-electron chi connectivity index (χ2n) is 6.97. The van der Waals surface area contributed by atoms with E-state index in [1.165, 1.54) is 12.1 Å². The Bertz CT molecular complexity index is 1120. The quantitative estimate of drug-likeness (QED) is 0.484. The predicted octanol–water partition coefficient (Wildman–Crippen LogP) is 1.69. The van der Waals surface area contributed by atoms with Crippen LogP contribution in [-0.4, -0.2) is 28.0 Å². The van der Waals surface area contributed by atoms with E-state index in [0.29, 0.717) is 22.5 Å². The van der Waals surface area contributed by atoms with Gasteiger partial charge in [-0.3, -0.25) is 24.9 Å². The molecule has 0 radical (unpaired) electrons. The second-order valence-corrected chi connectivity index (χ2v) is 6.97. The molecule has 8 heteroatoms. The van der Waals surface area contributed by atoms with E-state index in [-0.39, 0.29) is 5.91 Å². The minimum Gasteiger partial charge on any atom is -0.372 e. The van der Waals surface area contributed by atoms with E-state index in [0.717, 1.165) is 5.56 Å². The zero-order valence-corrected chi connectivity index (χ0v) is 16.4. The van der Waals surface area contributed by atoms with Crippen molar-refractivity contribution in [3.8, 4) is 0 Å². The summed E-state index contributed by atoms with van der Waals surface area (Å²) in [5, 5.41) is 13.8. The van der Waals surface area contributed by atoms with E-state index in [1.807, 2.05) is 6.07 Å². The molecular weight excluding hydrogens is 396 g/mol. The number of hydroxylamine groups is 1. The van der Waals surface area contributed by atoms with Crippen LogP contribution in [0.2, 0.25) is 0 Å². The van der Waals surface area contributed by atoms with Crippen molar-refractivity contribution in [2.75, 3.05) is 5.32 Å². The highest BCUT2D eigenvalue weighted by atomic mass is 16.7. The number of carbonyl (C=O) groups is 2. The molecule has 0 aliphatic carbocycles. The summed E-state index contributed by atoms with van der Waals surface area (Å²) in [5.41, 5.74) is 8.82. The first-order valence-electron chi connectivity index (χ1n) is 9.51. The fourth-order valence-electron chi connectivity index (χ4n) is 3.29. The number of aromatic nitrogens is 1. The summed E-state index contributed by atoms with van der Waals surface area (Å²) in [7, 11) is 0. The number of hydrogen-bond acceptors (Lipinski definition) is 6. The molecule has 2 aromatic carbocycles. The molecule has 31 heavy (non-hydrogen) atoms. The zero-order chi connectivity index (χ0) is 21.8. The molecular formula is C23H20N4O4. The van der Waals surface area contributed by atoms with Crippen molar-refractivity contribution >= 4 is 23.2 Å². The number of aliphatic hydroxyl groups is 1. The lowest BCUT2D eigenvalue weighted by Crippen LogP contribution is -2.42. The number of rotatable bonds is 6. The summed E-state index contributed by atoms with van der Waals surface area (Å²) in [5.74, 6) is -1.28. The fraction of sp³-hybridized carbons (Fsp3) is 0.0870. The van der Waals surface area contributed by atoms with E-state index in [4.69, 9.17) is 10.6 Å². The van der Waals surface area contributed by atoms with Gasteiger partial charge in [-0.25, -0.2) is 0 Å². The maximum absolute atomic E-state index is 12.5. The van der Waals surface area contributed by atoms with Gasteiger partial charge in [0.25, 0.3) is 11.8 Å². The third-order valence-electron chi connectivity index (χ3n) is 4.96. The number of hydrogen-bond donors (Lipinski definition) is 4. The largest absolute Gasteiger partial charge is 0.372 e. The number of nitrogens with zero attached hydrogens (tertiary/aromatic N) is 1. The van der Waals surface area contributed by atoms with Crippen molar-refractivity contribution in [2.45, 2.75) is 11.7 Å². The Morgan fingerprint density at radius 3 is 2.39 bits per heavy atom. The maximum atomic E-state index is 12.5. The number of nitrogens with one attached hydrogen (secondary N) is 2. The van der Waals surface area contributed by atoms with Gasteiger partial charge in [-0.2, -0.15) is 0 Å². The number of amides is 2. The van der Waals surface area contributed by atoms with Gasteiger partial charge in [0.05, 0.1) is 5.70 Å². The van der Waals surface area contributed by atoms with E-state index < -0.39 is 17.6 Å². The Balaban J connectivity index is 1.49. The first kappa shape index (κ1) is 20.3. The number of benzene rings is 2. The van der Waals surface area contributed by atoms with Gasteiger partial charge >= 0.3 is 0 Å². The zero-order valence-electron chi connectivity index (χ0n) is 16.4. The number of carbonyl (C=O) groups excluding carboxylic acids is 2. The molecule has 156 valence electrons. The van der Waals surface area contributed by atoms with Gasteiger partial charge in [0.2, 0.25) is 0 Å². The van der Waals surface area contributed by atoms with Crippen LogP contribution >= 0.6 is 0 Å². The summed E-state index contributed by atoms with van der Waals surface area (Å²) in [6.07, 6.45) is 4.14. The summed E-state index contributed by atoms with van der Waals surface area (Å²) in [6.45, 7) is 0.